The van der Waals surface area contributed by atoms with Crippen LogP contribution in [0, 0.1) is 0 Å². The minimum absolute atomic E-state index is 0.0773. The number of methoxy groups -OCH3 is 1. The molecule has 0 saturated carbocycles. The van der Waals surface area contributed by atoms with Gasteiger partial charge < -0.3 is 25.2 Å². The van der Waals surface area contributed by atoms with Gasteiger partial charge in [0.15, 0.2) is 5.78 Å². The number of carbonyl (C=O) groups excluding carboxylic acids is 4. The Kier molecular flexibility index (Phi) is 7.68. The number of nitrogens with one attached hydrogen (secondary N) is 2. The van der Waals surface area contributed by atoms with E-state index in [1.807, 2.05) is 0 Å². The fourth-order valence-corrected chi connectivity index (χ4v) is 3.68. The van der Waals surface area contributed by atoms with E-state index < -0.39 is 17.9 Å². The molecule has 3 rings (SSSR count). The molecule has 34 heavy (non-hydrogen) atoms. The van der Waals surface area contributed by atoms with Crippen LogP contribution in [0.15, 0.2) is 53.7 Å². The highest BCUT2D eigenvalue weighted by Gasteiger charge is 2.32. The minimum atomic E-state index is -0.919. The number of phenols is 1. The number of Topliss-reactive ketones (excluding diaryl/α,β-unsaturated/α-hetero) is 2. The smallest absolute Gasteiger partial charge is 0.329 e. The standard InChI is InChI=1S/C25H26N2O7/c1-14-22(24(31)21-18(23(14)30)5-4-6-20(21)33-3)26-11-12-34-25(32)19(27-15(2)28)13-16-7-9-17(29)10-8-16/h4-10,19,26,29H,11-13H2,1-3H3,(H,27,28)/t19-/m0/s1. The molecule has 1 atom stereocenters. The first-order chi connectivity index (χ1) is 16.2. The molecule has 0 fully saturated rings. The van der Waals surface area contributed by atoms with Gasteiger partial charge >= 0.3 is 5.97 Å². The molecule has 0 bridgehead atoms. The van der Waals surface area contributed by atoms with Gasteiger partial charge in [-0.1, -0.05) is 24.3 Å². The molecule has 0 saturated heterocycles. The monoisotopic (exact) mass is 466 g/mol. The molecule has 2 aromatic carbocycles. The molecule has 0 spiro atoms. The number of ketones is 2. The van der Waals surface area contributed by atoms with Crippen molar-refractivity contribution in [2.75, 3.05) is 20.3 Å². The van der Waals surface area contributed by atoms with Crippen molar-refractivity contribution in [2.45, 2.75) is 26.3 Å². The molecule has 178 valence electrons. The highest BCUT2D eigenvalue weighted by atomic mass is 16.5. The van der Waals surface area contributed by atoms with Crippen molar-refractivity contribution in [3.63, 3.8) is 0 Å². The lowest BCUT2D eigenvalue weighted by Crippen LogP contribution is -2.43. The van der Waals surface area contributed by atoms with Gasteiger partial charge in [0, 0.05) is 31.0 Å². The largest absolute Gasteiger partial charge is 0.508 e. The van der Waals surface area contributed by atoms with Gasteiger partial charge in [-0.15, -0.1) is 0 Å². The number of hydrogen-bond acceptors (Lipinski definition) is 8. The number of carbonyl (C=O) groups is 4. The zero-order chi connectivity index (χ0) is 24.8. The summed E-state index contributed by atoms with van der Waals surface area (Å²) >= 11 is 0. The quantitative estimate of drug-likeness (QED) is 0.377. The summed E-state index contributed by atoms with van der Waals surface area (Å²) in [4.78, 5) is 49.8. The Labute approximate surface area is 196 Å². The summed E-state index contributed by atoms with van der Waals surface area (Å²) in [6, 6.07) is 10.2. The third kappa shape index (κ3) is 5.43. The summed E-state index contributed by atoms with van der Waals surface area (Å²) in [5.41, 5.74) is 1.60. The summed E-state index contributed by atoms with van der Waals surface area (Å²) in [6.07, 6.45) is 0.181. The molecule has 2 aromatic rings. The van der Waals surface area contributed by atoms with Crippen molar-refractivity contribution >= 4 is 23.4 Å². The maximum Gasteiger partial charge on any atom is 0.329 e. The molecule has 3 N–H and O–H groups in total. The van der Waals surface area contributed by atoms with Gasteiger partial charge in [-0.25, -0.2) is 4.79 Å². The first kappa shape index (κ1) is 24.5. The molecule has 0 unspecified atom stereocenters. The van der Waals surface area contributed by atoms with Crippen molar-refractivity contribution < 1.29 is 33.8 Å². The molecule has 1 aliphatic rings. The van der Waals surface area contributed by atoms with Gasteiger partial charge in [0.05, 0.1) is 18.4 Å². The lowest BCUT2D eigenvalue weighted by atomic mass is 9.87. The van der Waals surface area contributed by atoms with Crippen LogP contribution >= 0.6 is 0 Å². The zero-order valence-corrected chi connectivity index (χ0v) is 19.1. The van der Waals surface area contributed by atoms with E-state index in [0.29, 0.717) is 5.75 Å². The molecular weight excluding hydrogens is 440 g/mol. The Bertz CT molecular complexity index is 1150. The highest BCUT2D eigenvalue weighted by Crippen LogP contribution is 2.31. The second kappa shape index (κ2) is 10.7. The first-order valence-corrected chi connectivity index (χ1v) is 10.7. The molecule has 0 aliphatic heterocycles. The van der Waals surface area contributed by atoms with Crippen molar-refractivity contribution in [3.8, 4) is 11.5 Å². The Hall–Kier alpha value is -4.14. The summed E-state index contributed by atoms with van der Waals surface area (Å²) in [6.45, 7) is 2.84. The second-order valence-corrected chi connectivity index (χ2v) is 7.76. The van der Waals surface area contributed by atoms with E-state index in [2.05, 4.69) is 10.6 Å². The Morgan fingerprint density at radius 3 is 2.41 bits per heavy atom. The van der Waals surface area contributed by atoms with Crippen LogP contribution in [0.1, 0.15) is 40.1 Å². The number of fused-ring (bicyclic) bond motifs is 1. The number of rotatable bonds is 9. The fraction of sp³-hybridized carbons (Fsp3) is 0.280. The number of esters is 1. The van der Waals surface area contributed by atoms with Crippen LogP contribution in [0.5, 0.6) is 11.5 Å². The SMILES string of the molecule is COc1cccc2c1C(=O)C(NCCOC(=O)[C@H](Cc1ccc(O)cc1)NC(C)=O)=C(C)C2=O. The number of ether oxygens (including phenoxy) is 2. The Balaban J connectivity index is 1.62. The predicted molar refractivity (Wildman–Crippen MR) is 123 cm³/mol. The molecule has 0 radical (unpaired) electrons. The average molecular weight is 466 g/mol. The third-order valence-corrected chi connectivity index (χ3v) is 5.35. The fourth-order valence-electron chi connectivity index (χ4n) is 3.68. The number of aromatic hydroxyl groups is 1. The van der Waals surface area contributed by atoms with Gasteiger partial charge in [0.25, 0.3) is 0 Å². The van der Waals surface area contributed by atoms with Crippen LogP contribution in [0.3, 0.4) is 0 Å². The summed E-state index contributed by atoms with van der Waals surface area (Å²) < 4.78 is 10.5. The molecule has 0 aromatic heterocycles. The van der Waals surface area contributed by atoms with E-state index in [0.717, 1.165) is 5.56 Å². The number of hydrogen-bond donors (Lipinski definition) is 3. The molecule has 9 nitrogen and oxygen atoms in total. The summed E-state index contributed by atoms with van der Waals surface area (Å²) in [5.74, 6) is -1.30. The van der Waals surface area contributed by atoms with Crippen LogP contribution in [0.2, 0.25) is 0 Å². The van der Waals surface area contributed by atoms with Gasteiger partial charge in [-0.3, -0.25) is 14.4 Å². The lowest BCUT2D eigenvalue weighted by molar-refractivity contribution is -0.147. The molecule has 1 amide bonds. The third-order valence-electron chi connectivity index (χ3n) is 5.35. The zero-order valence-electron chi connectivity index (χ0n) is 19.1. The van der Waals surface area contributed by atoms with Crippen LogP contribution in [-0.2, 0) is 20.7 Å². The molecule has 1 aliphatic carbocycles. The van der Waals surface area contributed by atoms with Crippen LogP contribution < -0.4 is 15.4 Å². The second-order valence-electron chi connectivity index (χ2n) is 7.76. The lowest BCUT2D eigenvalue weighted by Gasteiger charge is -2.22. The summed E-state index contributed by atoms with van der Waals surface area (Å²) in [7, 11) is 1.43. The van der Waals surface area contributed by atoms with Gasteiger partial charge in [-0.2, -0.15) is 0 Å². The van der Waals surface area contributed by atoms with Gasteiger partial charge in [0.1, 0.15) is 24.1 Å². The van der Waals surface area contributed by atoms with Crippen molar-refractivity contribution in [2.24, 2.45) is 0 Å². The number of benzene rings is 2. The topological polar surface area (TPSA) is 131 Å². The highest BCUT2D eigenvalue weighted by molar-refractivity contribution is 6.27. The van der Waals surface area contributed by atoms with Gasteiger partial charge in [0.2, 0.25) is 11.7 Å². The van der Waals surface area contributed by atoms with E-state index in [4.69, 9.17) is 9.47 Å². The van der Waals surface area contributed by atoms with Crippen LogP contribution in [-0.4, -0.2) is 54.9 Å². The first-order valence-electron chi connectivity index (χ1n) is 10.7. The van der Waals surface area contributed by atoms with E-state index in [1.54, 1.807) is 37.3 Å². The van der Waals surface area contributed by atoms with E-state index >= 15 is 0 Å². The molecular formula is C25H26N2O7. The van der Waals surface area contributed by atoms with Crippen LogP contribution in [0.4, 0.5) is 0 Å². The normalized spacial score (nSPS) is 13.7. The number of allylic oxidation sites excluding steroid dienone is 2. The van der Waals surface area contributed by atoms with Crippen LogP contribution in [0.25, 0.3) is 0 Å². The maximum absolute atomic E-state index is 13.0. The van der Waals surface area contributed by atoms with Crippen molar-refractivity contribution in [1.29, 1.82) is 0 Å². The Morgan fingerprint density at radius 1 is 1.06 bits per heavy atom. The van der Waals surface area contributed by atoms with Crippen molar-refractivity contribution in [1.82, 2.24) is 10.6 Å². The molecule has 9 heteroatoms. The Morgan fingerprint density at radius 2 is 1.76 bits per heavy atom. The van der Waals surface area contributed by atoms with E-state index in [1.165, 1.54) is 26.2 Å². The molecule has 0 heterocycles. The summed E-state index contributed by atoms with van der Waals surface area (Å²) in [5, 5.41) is 14.9. The predicted octanol–water partition coefficient (Wildman–Crippen LogP) is 1.93. The number of phenolic OH excluding ortho intramolecular Hbond substituents is 1. The maximum atomic E-state index is 13.0. The van der Waals surface area contributed by atoms with E-state index in [-0.39, 0.29) is 59.3 Å². The minimum Gasteiger partial charge on any atom is -0.508 e. The van der Waals surface area contributed by atoms with Crippen molar-refractivity contribution in [3.05, 3.63) is 70.4 Å². The van der Waals surface area contributed by atoms with E-state index in [9.17, 15) is 24.3 Å². The average Bonchev–Trinajstić information content (AvgIpc) is 2.82. The van der Waals surface area contributed by atoms with Gasteiger partial charge in [-0.05, 0) is 30.7 Å². The number of amides is 1.